The van der Waals surface area contributed by atoms with Crippen molar-refractivity contribution in [1.82, 2.24) is 15.0 Å². The summed E-state index contributed by atoms with van der Waals surface area (Å²) in [5.74, 6) is 0.253. The van der Waals surface area contributed by atoms with Gasteiger partial charge in [0.1, 0.15) is 16.5 Å². The van der Waals surface area contributed by atoms with E-state index in [2.05, 4.69) is 20.3 Å². The lowest BCUT2D eigenvalue weighted by atomic mass is 10.2. The molecule has 4 aromatic rings. The van der Waals surface area contributed by atoms with Crippen molar-refractivity contribution in [2.75, 3.05) is 5.32 Å². The minimum atomic E-state index is -0.339. The van der Waals surface area contributed by atoms with E-state index in [0.717, 1.165) is 9.88 Å². The number of carbonyl (C=O) groups is 1. The molecule has 3 aromatic heterocycles. The molecule has 0 radical (unpaired) electrons. The number of hydrogen-bond acceptors (Lipinski definition) is 7. The number of nitrogens with one attached hydrogen (secondary N) is 1. The Kier molecular flexibility index (Phi) is 4.85. The second-order valence-electron chi connectivity index (χ2n) is 5.44. The first kappa shape index (κ1) is 17.6. The van der Waals surface area contributed by atoms with Gasteiger partial charge in [-0.3, -0.25) is 4.79 Å². The molecule has 0 atom stereocenters. The number of aromatic hydroxyl groups is 1. The Balaban J connectivity index is 1.47. The maximum absolute atomic E-state index is 12.4. The van der Waals surface area contributed by atoms with Crippen LogP contribution in [0.2, 0.25) is 4.34 Å². The molecule has 134 valence electrons. The highest BCUT2D eigenvalue weighted by atomic mass is 35.5. The second kappa shape index (κ2) is 7.43. The smallest absolute Gasteiger partial charge is 0.275 e. The molecule has 0 aliphatic heterocycles. The first-order chi connectivity index (χ1) is 13.1. The zero-order chi connectivity index (χ0) is 18.8. The fourth-order valence-electron chi connectivity index (χ4n) is 2.30. The van der Waals surface area contributed by atoms with Crippen LogP contribution in [-0.2, 0) is 0 Å². The van der Waals surface area contributed by atoms with Gasteiger partial charge in [-0.25, -0.2) is 15.0 Å². The number of hydrogen-bond donors (Lipinski definition) is 2. The van der Waals surface area contributed by atoms with Crippen LogP contribution in [0.4, 0.5) is 5.69 Å². The van der Waals surface area contributed by atoms with Crippen molar-refractivity contribution in [2.45, 2.75) is 0 Å². The molecule has 3 heterocycles. The van der Waals surface area contributed by atoms with Gasteiger partial charge in [0, 0.05) is 10.9 Å². The molecule has 9 heteroatoms. The molecule has 1 amide bonds. The van der Waals surface area contributed by atoms with Crippen LogP contribution in [0.25, 0.3) is 21.3 Å². The predicted octanol–water partition coefficient (Wildman–Crippen LogP) is 4.94. The van der Waals surface area contributed by atoms with Crippen LogP contribution < -0.4 is 5.32 Å². The van der Waals surface area contributed by atoms with E-state index in [0.29, 0.717) is 27.1 Å². The molecular weight excluding hydrogens is 404 g/mol. The highest BCUT2D eigenvalue weighted by molar-refractivity contribution is 7.23. The molecule has 0 unspecified atom stereocenters. The van der Waals surface area contributed by atoms with E-state index in [4.69, 9.17) is 11.6 Å². The monoisotopic (exact) mass is 414 g/mol. The summed E-state index contributed by atoms with van der Waals surface area (Å²) in [6.07, 6.45) is 3.02. The van der Waals surface area contributed by atoms with E-state index in [1.54, 1.807) is 35.7 Å². The number of phenols is 1. The molecule has 0 aliphatic carbocycles. The largest absolute Gasteiger partial charge is 0.508 e. The van der Waals surface area contributed by atoms with Gasteiger partial charge in [0.15, 0.2) is 5.82 Å². The summed E-state index contributed by atoms with van der Waals surface area (Å²) in [4.78, 5) is 26.1. The summed E-state index contributed by atoms with van der Waals surface area (Å²) in [6.45, 7) is 0. The molecule has 0 saturated heterocycles. The zero-order valence-electron chi connectivity index (χ0n) is 13.6. The average molecular weight is 415 g/mol. The number of halogens is 1. The van der Waals surface area contributed by atoms with Crippen molar-refractivity contribution in [2.24, 2.45) is 0 Å². The quantitative estimate of drug-likeness (QED) is 0.493. The summed E-state index contributed by atoms with van der Waals surface area (Å²) in [7, 11) is 0. The SMILES string of the molecule is O=C(Nc1cnc(-c2cccc(O)c2)nc1)c1csc(-c2ccc(Cl)s2)n1. The number of benzene rings is 1. The van der Waals surface area contributed by atoms with Gasteiger partial charge in [0.05, 0.1) is 27.3 Å². The van der Waals surface area contributed by atoms with Gasteiger partial charge in [-0.1, -0.05) is 23.7 Å². The third kappa shape index (κ3) is 3.97. The lowest BCUT2D eigenvalue weighted by Gasteiger charge is -2.04. The molecular formula is C18H11ClN4O2S2. The van der Waals surface area contributed by atoms with Crippen LogP contribution in [0.1, 0.15) is 10.5 Å². The average Bonchev–Trinajstić information content (AvgIpc) is 3.31. The van der Waals surface area contributed by atoms with Crippen LogP contribution in [0, 0.1) is 0 Å². The maximum atomic E-state index is 12.4. The summed E-state index contributed by atoms with van der Waals surface area (Å²) in [5.41, 5.74) is 1.46. The zero-order valence-corrected chi connectivity index (χ0v) is 16.0. The Bertz CT molecular complexity index is 1110. The van der Waals surface area contributed by atoms with Crippen LogP contribution in [0.3, 0.4) is 0 Å². The van der Waals surface area contributed by atoms with Crippen molar-refractivity contribution in [3.63, 3.8) is 0 Å². The van der Waals surface area contributed by atoms with Crippen molar-refractivity contribution < 1.29 is 9.90 Å². The van der Waals surface area contributed by atoms with Crippen molar-refractivity contribution in [3.8, 4) is 27.0 Å². The van der Waals surface area contributed by atoms with E-state index in [9.17, 15) is 9.90 Å². The van der Waals surface area contributed by atoms with Gasteiger partial charge in [-0.15, -0.1) is 22.7 Å². The molecule has 0 saturated carbocycles. The van der Waals surface area contributed by atoms with Gasteiger partial charge < -0.3 is 10.4 Å². The number of thiazole rings is 1. The van der Waals surface area contributed by atoms with Crippen LogP contribution >= 0.6 is 34.3 Å². The fourth-order valence-corrected chi connectivity index (χ4v) is 4.22. The fraction of sp³-hybridized carbons (Fsp3) is 0. The highest BCUT2D eigenvalue weighted by Crippen LogP contribution is 2.33. The number of nitrogens with zero attached hydrogens (tertiary/aromatic N) is 3. The molecule has 0 bridgehead atoms. The number of carbonyl (C=O) groups excluding carboxylic acids is 1. The summed E-state index contributed by atoms with van der Waals surface area (Å²) < 4.78 is 0.676. The van der Waals surface area contributed by atoms with E-state index < -0.39 is 0 Å². The third-order valence-corrected chi connectivity index (χ3v) is 5.78. The first-order valence-electron chi connectivity index (χ1n) is 7.72. The van der Waals surface area contributed by atoms with Gasteiger partial charge in [-0.2, -0.15) is 0 Å². The van der Waals surface area contributed by atoms with Crippen LogP contribution in [0.5, 0.6) is 5.75 Å². The Morgan fingerprint density at radius 1 is 1.15 bits per heavy atom. The number of phenolic OH excluding ortho intramolecular Hbond substituents is 1. The lowest BCUT2D eigenvalue weighted by molar-refractivity contribution is 0.102. The van der Waals surface area contributed by atoms with Crippen molar-refractivity contribution in [3.05, 3.63) is 64.2 Å². The Morgan fingerprint density at radius 2 is 1.96 bits per heavy atom. The Hall–Kier alpha value is -2.81. The first-order valence-corrected chi connectivity index (χ1v) is 9.80. The van der Waals surface area contributed by atoms with E-state index in [1.807, 2.05) is 6.07 Å². The van der Waals surface area contributed by atoms with E-state index in [-0.39, 0.29) is 11.7 Å². The minimum absolute atomic E-state index is 0.139. The van der Waals surface area contributed by atoms with Gasteiger partial charge in [-0.05, 0) is 24.3 Å². The van der Waals surface area contributed by atoms with Crippen molar-refractivity contribution >= 4 is 45.9 Å². The minimum Gasteiger partial charge on any atom is -0.508 e. The normalized spacial score (nSPS) is 10.7. The lowest BCUT2D eigenvalue weighted by Crippen LogP contribution is -2.12. The molecule has 0 aliphatic rings. The summed E-state index contributed by atoms with van der Waals surface area (Å²) in [6, 6.07) is 10.3. The molecule has 0 fully saturated rings. The Morgan fingerprint density at radius 3 is 2.67 bits per heavy atom. The van der Waals surface area contributed by atoms with Crippen molar-refractivity contribution in [1.29, 1.82) is 0 Å². The highest BCUT2D eigenvalue weighted by Gasteiger charge is 2.14. The van der Waals surface area contributed by atoms with E-state index >= 15 is 0 Å². The maximum Gasteiger partial charge on any atom is 0.275 e. The number of aromatic nitrogens is 3. The number of amides is 1. The molecule has 27 heavy (non-hydrogen) atoms. The molecule has 2 N–H and O–H groups in total. The molecule has 6 nitrogen and oxygen atoms in total. The topological polar surface area (TPSA) is 88.0 Å². The molecule has 4 rings (SSSR count). The van der Waals surface area contributed by atoms with Gasteiger partial charge in [0.2, 0.25) is 0 Å². The number of rotatable bonds is 4. The molecule has 1 aromatic carbocycles. The Labute approximate surface area is 167 Å². The van der Waals surface area contributed by atoms with Crippen LogP contribution in [-0.4, -0.2) is 26.0 Å². The predicted molar refractivity (Wildman–Crippen MR) is 108 cm³/mol. The summed E-state index contributed by atoms with van der Waals surface area (Å²) >= 11 is 8.74. The van der Waals surface area contributed by atoms with E-state index in [1.165, 1.54) is 35.1 Å². The number of anilines is 1. The van der Waals surface area contributed by atoms with Gasteiger partial charge in [0.25, 0.3) is 5.91 Å². The van der Waals surface area contributed by atoms with Crippen LogP contribution in [0.15, 0.2) is 54.2 Å². The second-order valence-corrected chi connectivity index (χ2v) is 8.01. The standard InChI is InChI=1S/C18H11ClN4O2S2/c19-15-5-4-14(27-15)18-23-13(9-26-18)17(25)22-11-7-20-16(21-8-11)10-2-1-3-12(24)6-10/h1-9,24H,(H,22,25). The molecule has 0 spiro atoms. The summed E-state index contributed by atoms with van der Waals surface area (Å²) in [5, 5.41) is 14.7. The van der Waals surface area contributed by atoms with Gasteiger partial charge >= 0.3 is 0 Å². The number of thiophene rings is 1. The third-order valence-electron chi connectivity index (χ3n) is 3.53.